The monoisotopic (exact) mass is 424 g/mol. The van der Waals surface area contributed by atoms with Gasteiger partial charge in [-0.1, -0.05) is 49.0 Å². The van der Waals surface area contributed by atoms with E-state index in [0.29, 0.717) is 18.2 Å². The maximum atomic E-state index is 15.4. The molecule has 0 radical (unpaired) electrons. The Balaban J connectivity index is 1.69. The fourth-order valence-electron chi connectivity index (χ4n) is 3.24. The number of fused-ring (bicyclic) bond motifs is 1. The molecule has 29 heavy (non-hydrogen) atoms. The van der Waals surface area contributed by atoms with Crippen molar-refractivity contribution in [3.8, 4) is 0 Å². The molecule has 8 heteroatoms. The second-order valence-electron chi connectivity index (χ2n) is 8.22. The average molecular weight is 425 g/mol. The molecule has 0 bridgehead atoms. The largest absolute Gasteiger partial charge is 0.443 e. The van der Waals surface area contributed by atoms with E-state index in [1.54, 1.807) is 27.8 Å². The van der Waals surface area contributed by atoms with Gasteiger partial charge in [0.05, 0.1) is 12.7 Å². The number of amidine groups is 1. The van der Waals surface area contributed by atoms with Crippen LogP contribution in [-0.4, -0.2) is 58.7 Å². The lowest BCUT2D eigenvalue weighted by Gasteiger charge is -2.39. The highest BCUT2D eigenvalue weighted by atomic mass is 32.2. The molecule has 0 unspecified atom stereocenters. The number of ether oxygens (including phenoxy) is 3. The van der Waals surface area contributed by atoms with Crippen LogP contribution in [0.4, 0.5) is 9.18 Å². The first-order valence-electron chi connectivity index (χ1n) is 9.86. The Morgan fingerprint density at radius 3 is 2.62 bits per heavy atom. The van der Waals surface area contributed by atoms with Gasteiger partial charge in [0.1, 0.15) is 23.2 Å². The third kappa shape index (κ3) is 5.29. The third-order valence-corrected chi connectivity index (χ3v) is 5.93. The molecule has 1 aromatic carbocycles. The number of amides is 1. The number of aliphatic imine (C=N–C) groups is 1. The molecule has 1 aromatic rings. The number of thioether (sulfide) groups is 1. The van der Waals surface area contributed by atoms with E-state index in [9.17, 15) is 4.79 Å². The molecule has 5 atom stereocenters. The molecule has 1 fully saturated rings. The minimum absolute atomic E-state index is 0.310. The number of hydrogen-bond acceptors (Lipinski definition) is 6. The number of carbonyl (C=O) groups excluding carboxylic acids is 1. The average Bonchev–Trinajstić information content (AvgIpc) is 3.10. The summed E-state index contributed by atoms with van der Waals surface area (Å²) in [7, 11) is 1.57. The highest BCUT2D eigenvalue weighted by Crippen LogP contribution is 2.40. The highest BCUT2D eigenvalue weighted by Gasteiger charge is 2.50. The van der Waals surface area contributed by atoms with Crippen LogP contribution < -0.4 is 0 Å². The third-order valence-electron chi connectivity index (χ3n) is 4.72. The Morgan fingerprint density at radius 2 is 2.00 bits per heavy atom. The molecule has 2 heterocycles. The zero-order valence-electron chi connectivity index (χ0n) is 17.5. The molecule has 2 aliphatic rings. The predicted octanol–water partition coefficient (Wildman–Crippen LogP) is 4.38. The zero-order valence-corrected chi connectivity index (χ0v) is 18.3. The van der Waals surface area contributed by atoms with Crippen molar-refractivity contribution in [2.24, 2.45) is 4.99 Å². The van der Waals surface area contributed by atoms with Gasteiger partial charge in [0, 0.05) is 7.05 Å². The normalized spacial score (nSPS) is 29.2. The molecule has 1 saturated heterocycles. The van der Waals surface area contributed by atoms with E-state index in [0.717, 1.165) is 5.56 Å². The number of alkyl halides is 1. The number of halogens is 1. The molecule has 0 N–H and O–H groups in total. The minimum atomic E-state index is -1.32. The quantitative estimate of drug-likeness (QED) is 0.718. The van der Waals surface area contributed by atoms with E-state index in [1.165, 1.54) is 16.7 Å². The lowest BCUT2D eigenvalue weighted by Crippen LogP contribution is -2.53. The fourth-order valence-corrected chi connectivity index (χ4v) is 4.41. The van der Waals surface area contributed by atoms with Crippen molar-refractivity contribution in [1.29, 1.82) is 0 Å². The summed E-state index contributed by atoms with van der Waals surface area (Å²) in [5, 5.41) is 0.399. The fraction of sp³-hybridized carbons (Fsp3) is 0.619. The van der Waals surface area contributed by atoms with Crippen LogP contribution in [0.2, 0.25) is 0 Å². The number of carbonyl (C=O) groups is 1. The molecule has 0 spiro atoms. The van der Waals surface area contributed by atoms with Gasteiger partial charge in [-0.3, -0.25) is 9.89 Å². The van der Waals surface area contributed by atoms with Gasteiger partial charge in [-0.25, -0.2) is 9.18 Å². The summed E-state index contributed by atoms with van der Waals surface area (Å²) in [5.41, 5.74) is -0.122. The van der Waals surface area contributed by atoms with Crippen molar-refractivity contribution in [2.75, 3.05) is 7.05 Å². The Morgan fingerprint density at radius 1 is 1.31 bits per heavy atom. The van der Waals surface area contributed by atoms with Crippen molar-refractivity contribution >= 4 is 23.0 Å². The van der Waals surface area contributed by atoms with Gasteiger partial charge in [0.15, 0.2) is 11.3 Å². The molecule has 0 aliphatic carbocycles. The first-order valence-corrected chi connectivity index (χ1v) is 10.7. The van der Waals surface area contributed by atoms with Crippen LogP contribution in [0.5, 0.6) is 0 Å². The summed E-state index contributed by atoms with van der Waals surface area (Å²) >= 11 is 1.25. The van der Waals surface area contributed by atoms with Gasteiger partial charge in [-0.2, -0.15) is 0 Å². The lowest BCUT2D eigenvalue weighted by molar-refractivity contribution is -0.160. The van der Waals surface area contributed by atoms with Gasteiger partial charge in [0.25, 0.3) is 0 Å². The second kappa shape index (κ2) is 9.02. The first kappa shape index (κ1) is 22.1. The Bertz CT molecular complexity index is 740. The summed E-state index contributed by atoms with van der Waals surface area (Å²) in [4.78, 5) is 18.1. The minimum Gasteiger partial charge on any atom is -0.443 e. The maximum Gasteiger partial charge on any atom is 0.416 e. The van der Waals surface area contributed by atoms with E-state index >= 15 is 4.39 Å². The molecule has 0 aromatic heterocycles. The van der Waals surface area contributed by atoms with Crippen LogP contribution in [0.25, 0.3) is 0 Å². The summed E-state index contributed by atoms with van der Waals surface area (Å²) in [5.74, 6) is 0. The van der Waals surface area contributed by atoms with Crippen molar-refractivity contribution in [3.63, 3.8) is 0 Å². The van der Waals surface area contributed by atoms with Crippen LogP contribution in [-0.2, 0) is 20.8 Å². The first-order chi connectivity index (χ1) is 13.7. The second-order valence-corrected chi connectivity index (χ2v) is 9.28. The van der Waals surface area contributed by atoms with Crippen LogP contribution in [0, 0.1) is 0 Å². The van der Waals surface area contributed by atoms with Gasteiger partial charge in [-0.15, -0.1) is 0 Å². The van der Waals surface area contributed by atoms with Crippen LogP contribution in [0.1, 0.15) is 39.7 Å². The molecular formula is C21H29FN2O4S. The Hall–Kier alpha value is -1.64. The lowest BCUT2D eigenvalue weighted by atomic mass is 9.97. The summed E-state index contributed by atoms with van der Waals surface area (Å²) in [6.07, 6.45) is -2.30. The van der Waals surface area contributed by atoms with E-state index in [1.807, 2.05) is 37.3 Å². The molecule has 160 valence electrons. The van der Waals surface area contributed by atoms with E-state index in [-0.39, 0.29) is 6.10 Å². The molecule has 0 saturated carbocycles. The SMILES string of the molecule is CC[C@H]1O[C@@H]2SC(N(C)C(=O)OC(C)(C)C)=N[C@@H]2[C@H](F)[C@@H]1OCc1ccccc1. The zero-order chi connectivity index (χ0) is 21.2. The predicted molar refractivity (Wildman–Crippen MR) is 112 cm³/mol. The summed E-state index contributed by atoms with van der Waals surface area (Å²) in [6, 6.07) is 8.94. The summed E-state index contributed by atoms with van der Waals surface area (Å²) < 4.78 is 32.8. The van der Waals surface area contributed by atoms with E-state index in [4.69, 9.17) is 14.2 Å². The number of rotatable bonds is 4. The van der Waals surface area contributed by atoms with E-state index < -0.39 is 35.4 Å². The molecule has 1 amide bonds. The standard InChI is InChI=1S/C21H29FN2O4S/c1-6-14-17(26-12-13-10-8-7-9-11-13)15(22)16-18(27-14)29-19(23-16)24(5)20(25)28-21(2,3)4/h7-11,14-18H,6,12H2,1-5H3/t14-,15+,16-,17-,18-/m1/s1. The topological polar surface area (TPSA) is 60.4 Å². The van der Waals surface area contributed by atoms with Crippen molar-refractivity contribution in [2.45, 2.75) is 76.2 Å². The maximum absolute atomic E-state index is 15.4. The Kier molecular flexibility index (Phi) is 6.86. The molecular weight excluding hydrogens is 395 g/mol. The van der Waals surface area contributed by atoms with Crippen LogP contribution in [0.15, 0.2) is 35.3 Å². The van der Waals surface area contributed by atoms with Gasteiger partial charge >= 0.3 is 6.09 Å². The smallest absolute Gasteiger partial charge is 0.416 e. The molecule has 6 nitrogen and oxygen atoms in total. The van der Waals surface area contributed by atoms with E-state index in [2.05, 4.69) is 4.99 Å². The van der Waals surface area contributed by atoms with Crippen molar-refractivity contribution in [1.82, 2.24) is 4.90 Å². The van der Waals surface area contributed by atoms with Crippen molar-refractivity contribution < 1.29 is 23.4 Å². The summed E-state index contributed by atoms with van der Waals surface area (Å²) in [6.45, 7) is 7.64. The van der Waals surface area contributed by atoms with Crippen molar-refractivity contribution in [3.05, 3.63) is 35.9 Å². The van der Waals surface area contributed by atoms with Gasteiger partial charge < -0.3 is 14.2 Å². The number of hydrogen-bond donors (Lipinski definition) is 0. The number of benzene rings is 1. The van der Waals surface area contributed by atoms with Gasteiger partial charge in [0.2, 0.25) is 0 Å². The van der Waals surface area contributed by atoms with Crippen LogP contribution in [0.3, 0.4) is 0 Å². The molecule has 3 rings (SSSR count). The number of nitrogens with zero attached hydrogens (tertiary/aromatic N) is 2. The highest BCUT2D eigenvalue weighted by molar-refractivity contribution is 8.14. The Labute approximate surface area is 175 Å². The van der Waals surface area contributed by atoms with Crippen LogP contribution >= 0.6 is 11.8 Å². The molecule has 2 aliphatic heterocycles. The van der Waals surface area contributed by atoms with Gasteiger partial charge in [-0.05, 0) is 32.8 Å².